The van der Waals surface area contributed by atoms with Crippen LogP contribution in [0.2, 0.25) is 0 Å². The first-order valence-electron chi connectivity index (χ1n) is 7.68. The van der Waals surface area contributed by atoms with Gasteiger partial charge < -0.3 is 9.73 Å². The topological polar surface area (TPSA) is 113 Å². The molecule has 0 radical (unpaired) electrons. The molecule has 1 saturated carbocycles. The molecule has 0 bridgehead atoms. The van der Waals surface area contributed by atoms with Gasteiger partial charge in [0.15, 0.2) is 0 Å². The minimum Gasteiger partial charge on any atom is -0.415 e. The molecular formula is C16H11F2N7O. The number of hydrogen-bond acceptors (Lipinski definition) is 8. The number of rotatable bonds is 5. The summed E-state index contributed by atoms with van der Waals surface area (Å²) in [5, 5.41) is 19.1. The average Bonchev–Trinajstić information content (AvgIpc) is 3.27. The van der Waals surface area contributed by atoms with Gasteiger partial charge in [0.05, 0.1) is 11.1 Å². The number of nitrogens with zero attached hydrogens (tertiary/aromatic N) is 6. The Morgan fingerprint density at radius 1 is 1.19 bits per heavy atom. The summed E-state index contributed by atoms with van der Waals surface area (Å²) in [5.41, 5.74) is 1.30. The van der Waals surface area contributed by atoms with Crippen molar-refractivity contribution in [2.75, 3.05) is 5.32 Å². The lowest BCUT2D eigenvalue weighted by atomic mass is 10.1. The molecule has 10 heteroatoms. The smallest absolute Gasteiger partial charge is 0.314 e. The van der Waals surface area contributed by atoms with E-state index in [0.717, 1.165) is 18.4 Å². The number of nitriles is 1. The Morgan fingerprint density at radius 2 is 1.96 bits per heavy atom. The molecule has 3 heterocycles. The molecule has 0 unspecified atom stereocenters. The van der Waals surface area contributed by atoms with Gasteiger partial charge in [-0.25, -0.2) is 15.0 Å². The van der Waals surface area contributed by atoms with E-state index in [1.54, 1.807) is 12.3 Å². The molecule has 1 N–H and O–H groups in total. The highest BCUT2D eigenvalue weighted by atomic mass is 19.3. The molecule has 1 aliphatic carbocycles. The number of nitrogens with one attached hydrogen (secondary N) is 1. The van der Waals surface area contributed by atoms with Crippen LogP contribution >= 0.6 is 0 Å². The molecule has 26 heavy (non-hydrogen) atoms. The summed E-state index contributed by atoms with van der Waals surface area (Å²) >= 11 is 0. The van der Waals surface area contributed by atoms with Crippen molar-refractivity contribution in [3.05, 3.63) is 47.9 Å². The summed E-state index contributed by atoms with van der Waals surface area (Å²) in [6.07, 6.45) is 3.34. The van der Waals surface area contributed by atoms with Crippen molar-refractivity contribution in [2.45, 2.75) is 24.8 Å². The third-order valence-electron chi connectivity index (χ3n) is 4.05. The minimum absolute atomic E-state index is 0.0687. The van der Waals surface area contributed by atoms with Crippen LogP contribution in [0.3, 0.4) is 0 Å². The van der Waals surface area contributed by atoms with Gasteiger partial charge in [0.2, 0.25) is 5.95 Å². The Labute approximate surface area is 145 Å². The number of halogens is 2. The largest absolute Gasteiger partial charge is 0.415 e. The van der Waals surface area contributed by atoms with Gasteiger partial charge in [-0.15, -0.1) is 10.2 Å². The minimum atomic E-state index is -2.83. The lowest BCUT2D eigenvalue weighted by molar-refractivity contribution is 0.116. The zero-order chi connectivity index (χ0) is 18.1. The number of hydrogen-bond donors (Lipinski definition) is 1. The van der Waals surface area contributed by atoms with Crippen LogP contribution in [0.25, 0.3) is 11.5 Å². The Hall–Kier alpha value is -3.48. The molecule has 3 aromatic rings. The Balaban J connectivity index is 1.53. The molecule has 4 rings (SSSR count). The van der Waals surface area contributed by atoms with Gasteiger partial charge in [0, 0.05) is 18.6 Å². The summed E-state index contributed by atoms with van der Waals surface area (Å²) < 4.78 is 29.9. The molecule has 0 aliphatic heterocycles. The van der Waals surface area contributed by atoms with Gasteiger partial charge in [0.25, 0.3) is 11.8 Å². The number of alkyl halides is 2. The molecule has 0 saturated heterocycles. The summed E-state index contributed by atoms with van der Waals surface area (Å²) in [7, 11) is 0. The molecule has 8 nitrogen and oxygen atoms in total. The Morgan fingerprint density at radius 3 is 2.58 bits per heavy atom. The fourth-order valence-electron chi connectivity index (χ4n) is 2.56. The van der Waals surface area contributed by atoms with E-state index in [-0.39, 0.29) is 11.4 Å². The second kappa shape index (κ2) is 6.11. The third kappa shape index (κ3) is 2.95. The van der Waals surface area contributed by atoms with Crippen LogP contribution in [0.5, 0.6) is 0 Å². The van der Waals surface area contributed by atoms with Crippen molar-refractivity contribution in [1.82, 2.24) is 25.1 Å². The highest BCUT2D eigenvalue weighted by Gasteiger charge is 2.45. The highest BCUT2D eigenvalue weighted by Crippen LogP contribution is 2.47. The molecular weight excluding hydrogens is 344 g/mol. The summed E-state index contributed by atoms with van der Waals surface area (Å²) in [4.78, 5) is 12.3. The van der Waals surface area contributed by atoms with E-state index >= 15 is 0 Å². The van der Waals surface area contributed by atoms with Crippen LogP contribution in [0.4, 0.5) is 14.7 Å². The molecule has 130 valence electrons. The fraction of sp³-hybridized carbons (Fsp3) is 0.250. The quantitative estimate of drug-likeness (QED) is 0.743. The highest BCUT2D eigenvalue weighted by molar-refractivity contribution is 5.51. The van der Waals surface area contributed by atoms with Gasteiger partial charge in [-0.2, -0.15) is 14.0 Å². The fourth-order valence-corrected chi connectivity index (χ4v) is 2.56. The predicted molar refractivity (Wildman–Crippen MR) is 83.8 cm³/mol. The first-order valence-corrected chi connectivity index (χ1v) is 7.68. The van der Waals surface area contributed by atoms with E-state index in [0.29, 0.717) is 17.2 Å². The van der Waals surface area contributed by atoms with E-state index < -0.39 is 12.3 Å². The summed E-state index contributed by atoms with van der Waals surface area (Å²) in [5.74, 6) is -0.443. The maximum absolute atomic E-state index is 12.5. The second-order valence-corrected chi connectivity index (χ2v) is 5.79. The lowest BCUT2D eigenvalue weighted by Crippen LogP contribution is -2.20. The van der Waals surface area contributed by atoms with Crippen LogP contribution in [-0.4, -0.2) is 25.1 Å². The molecule has 1 aliphatic rings. The SMILES string of the molecule is N#Cc1cc(C2(Nc3ncc(-c4nnc(C(F)F)o4)cn3)CC2)ccn1. The summed E-state index contributed by atoms with van der Waals surface area (Å²) in [6, 6.07) is 5.60. The second-order valence-electron chi connectivity index (χ2n) is 5.79. The first kappa shape index (κ1) is 16.0. The van der Waals surface area contributed by atoms with Crippen molar-refractivity contribution >= 4 is 5.95 Å². The molecule has 0 spiro atoms. The van der Waals surface area contributed by atoms with Crippen LogP contribution < -0.4 is 5.32 Å². The zero-order valence-electron chi connectivity index (χ0n) is 13.2. The van der Waals surface area contributed by atoms with E-state index in [1.165, 1.54) is 12.4 Å². The van der Waals surface area contributed by atoms with Gasteiger partial charge in [-0.05, 0) is 30.5 Å². The molecule has 0 amide bonds. The monoisotopic (exact) mass is 355 g/mol. The molecule has 1 fully saturated rings. The van der Waals surface area contributed by atoms with Crippen molar-refractivity contribution in [3.63, 3.8) is 0 Å². The maximum Gasteiger partial charge on any atom is 0.314 e. The van der Waals surface area contributed by atoms with E-state index in [2.05, 4.69) is 30.5 Å². The zero-order valence-corrected chi connectivity index (χ0v) is 13.2. The van der Waals surface area contributed by atoms with E-state index in [4.69, 9.17) is 9.68 Å². The average molecular weight is 355 g/mol. The lowest BCUT2D eigenvalue weighted by Gasteiger charge is -2.17. The Bertz CT molecular complexity index is 977. The van der Waals surface area contributed by atoms with E-state index in [9.17, 15) is 8.78 Å². The number of aromatic nitrogens is 5. The van der Waals surface area contributed by atoms with Crippen LogP contribution in [0.15, 0.2) is 35.1 Å². The van der Waals surface area contributed by atoms with Crippen molar-refractivity contribution < 1.29 is 13.2 Å². The van der Waals surface area contributed by atoms with Crippen molar-refractivity contribution in [3.8, 4) is 17.5 Å². The van der Waals surface area contributed by atoms with Crippen LogP contribution in [-0.2, 0) is 5.54 Å². The molecule has 3 aromatic heterocycles. The predicted octanol–water partition coefficient (Wildman–Crippen LogP) is 2.83. The van der Waals surface area contributed by atoms with Crippen LogP contribution in [0.1, 0.15) is 36.4 Å². The van der Waals surface area contributed by atoms with E-state index in [1.807, 2.05) is 12.1 Å². The van der Waals surface area contributed by atoms with Crippen LogP contribution in [0, 0.1) is 11.3 Å². The Kier molecular flexibility index (Phi) is 3.76. The normalized spacial score (nSPS) is 14.8. The van der Waals surface area contributed by atoms with Gasteiger partial charge >= 0.3 is 6.43 Å². The van der Waals surface area contributed by atoms with Gasteiger partial charge in [-0.1, -0.05) is 0 Å². The first-order chi connectivity index (χ1) is 12.6. The number of anilines is 1. The van der Waals surface area contributed by atoms with Crippen molar-refractivity contribution in [2.24, 2.45) is 0 Å². The van der Waals surface area contributed by atoms with Crippen molar-refractivity contribution in [1.29, 1.82) is 5.26 Å². The molecule has 0 atom stereocenters. The number of pyridine rings is 1. The molecule has 0 aromatic carbocycles. The third-order valence-corrected chi connectivity index (χ3v) is 4.05. The summed E-state index contributed by atoms with van der Waals surface area (Å²) in [6.45, 7) is 0. The maximum atomic E-state index is 12.5. The standard InChI is InChI=1S/C16H11F2N7O/c17-12(18)14-25-24-13(26-14)9-7-21-15(22-8-9)23-16(2-3-16)10-1-4-20-11(5-10)6-19/h1,4-5,7-8,12H,2-3H2,(H,21,22,23). The van der Waals surface area contributed by atoms with Gasteiger partial charge in [-0.3, -0.25) is 0 Å². The van der Waals surface area contributed by atoms with Gasteiger partial charge in [0.1, 0.15) is 11.8 Å².